The highest BCUT2D eigenvalue weighted by Crippen LogP contribution is 2.39. The van der Waals surface area contributed by atoms with Gasteiger partial charge in [-0.15, -0.1) is 0 Å². The van der Waals surface area contributed by atoms with Crippen LogP contribution in [-0.2, 0) is 28.8 Å². The Kier molecular flexibility index (Phi) is 14.0. The van der Waals surface area contributed by atoms with E-state index >= 15 is 0 Å². The van der Waals surface area contributed by atoms with Crippen LogP contribution >= 0.6 is 0 Å². The maximum Gasteiger partial charge on any atom is 0.381 e. The van der Waals surface area contributed by atoms with E-state index in [9.17, 15) is 8.42 Å². The van der Waals surface area contributed by atoms with Gasteiger partial charge in [0, 0.05) is 26.1 Å². The molecule has 2 fully saturated rings. The second-order valence-electron chi connectivity index (χ2n) is 14.3. The van der Waals surface area contributed by atoms with E-state index in [0.717, 1.165) is 95.8 Å². The van der Waals surface area contributed by atoms with E-state index in [1.54, 1.807) is 12.1 Å². The van der Waals surface area contributed by atoms with E-state index < -0.39 is 14.7 Å². The maximum atomic E-state index is 14.1. The summed E-state index contributed by atoms with van der Waals surface area (Å²) in [5.41, 5.74) is 0.950. The van der Waals surface area contributed by atoms with Gasteiger partial charge in [-0.25, -0.2) is 8.42 Å². The van der Waals surface area contributed by atoms with Crippen LogP contribution in [0.2, 0.25) is 0 Å². The number of hydrogen-bond acceptors (Lipinski definition) is 6. The fraction of sp³-hybridized carbons (Fsp3) is 0.800. The van der Waals surface area contributed by atoms with Crippen LogP contribution in [-0.4, -0.2) is 52.3 Å². The van der Waals surface area contributed by atoms with E-state index in [2.05, 4.69) is 32.5 Å². The normalized spacial score (nSPS) is 21.7. The molecule has 0 spiro atoms. The molecule has 2 atom stereocenters. The number of nitrogens with zero attached hydrogens (tertiary/aromatic N) is 1. The molecular formula is C35H58NO6S+. The average molecular weight is 621 g/mol. The first-order chi connectivity index (χ1) is 20.4. The number of unbranched alkanes of at least 4 members (excludes halogenated alkanes) is 2. The summed E-state index contributed by atoms with van der Waals surface area (Å²) in [5.74, 6) is 0. The quantitative estimate of drug-likeness (QED) is 0.153. The molecule has 0 radical (unpaired) electrons. The van der Waals surface area contributed by atoms with Crippen LogP contribution < -0.4 is 0 Å². The van der Waals surface area contributed by atoms with Crippen molar-refractivity contribution in [2.24, 2.45) is 10.8 Å². The van der Waals surface area contributed by atoms with Crippen molar-refractivity contribution in [2.45, 2.75) is 147 Å². The molecule has 2 aliphatic heterocycles. The Balaban J connectivity index is 1.58. The molecule has 0 aliphatic carbocycles. The lowest BCUT2D eigenvalue weighted by atomic mass is 9.86. The van der Waals surface area contributed by atoms with Crippen molar-refractivity contribution in [3.8, 4) is 6.57 Å². The maximum absolute atomic E-state index is 14.1. The van der Waals surface area contributed by atoms with Crippen molar-refractivity contribution in [3.63, 3.8) is 0 Å². The zero-order valence-electron chi connectivity index (χ0n) is 27.6. The van der Waals surface area contributed by atoms with Gasteiger partial charge in [0.1, 0.15) is 0 Å². The average Bonchev–Trinajstić information content (AvgIpc) is 2.99. The number of sulfone groups is 1. The van der Waals surface area contributed by atoms with Crippen molar-refractivity contribution in [3.05, 3.63) is 34.7 Å². The van der Waals surface area contributed by atoms with E-state index in [4.69, 9.17) is 25.5 Å². The molecule has 1 aromatic rings. The van der Waals surface area contributed by atoms with Gasteiger partial charge in [-0.1, -0.05) is 63.1 Å². The van der Waals surface area contributed by atoms with Crippen molar-refractivity contribution in [2.75, 3.05) is 26.4 Å². The zero-order chi connectivity index (χ0) is 31.4. The van der Waals surface area contributed by atoms with Crippen LogP contribution in [0.3, 0.4) is 0 Å². The molecule has 2 heterocycles. The third kappa shape index (κ3) is 11.4. The van der Waals surface area contributed by atoms with Crippen molar-refractivity contribution in [1.82, 2.24) is 0 Å². The fourth-order valence-electron chi connectivity index (χ4n) is 6.01. The molecule has 0 saturated carbocycles. The molecule has 0 aromatic heterocycles. The van der Waals surface area contributed by atoms with E-state index in [-0.39, 0.29) is 28.3 Å². The first-order valence-electron chi connectivity index (χ1n) is 16.6. The first-order valence-corrected chi connectivity index (χ1v) is 18.1. The third-order valence-electron chi connectivity index (χ3n) is 9.00. The summed E-state index contributed by atoms with van der Waals surface area (Å²) in [5, 5.41) is 0. The van der Waals surface area contributed by atoms with Crippen LogP contribution in [0.15, 0.2) is 29.2 Å². The van der Waals surface area contributed by atoms with Crippen LogP contribution in [0.1, 0.15) is 123 Å². The molecule has 3 rings (SSSR count). The number of hydrogen-bond donors (Lipinski definition) is 0. The standard InChI is InChI=1S/C35H58NO6S/c1-29-17-19-30(20-18-29)43(37,38)35(36-6,23-11-9-21-33(2,3)27-41-31-15-7-13-25-39-31)24-12-10-22-34(4,5)28-42-32-16-8-14-26-40-32/h6,17-20,31-32H,7-16,21-28H2,1-5H3/q+1. The Bertz CT molecular complexity index is 1050. The second-order valence-corrected chi connectivity index (χ2v) is 16.6. The van der Waals surface area contributed by atoms with Gasteiger partial charge in [0.25, 0.3) is 16.4 Å². The minimum atomic E-state index is -3.79. The number of aryl methyl sites for hydroxylation is 1. The van der Waals surface area contributed by atoms with Gasteiger partial charge in [-0.05, 0) is 94.1 Å². The smallest absolute Gasteiger partial charge is 0.353 e. The molecule has 8 heteroatoms. The molecule has 43 heavy (non-hydrogen) atoms. The molecule has 0 amide bonds. The molecular weight excluding hydrogens is 562 g/mol. The highest BCUT2D eigenvalue weighted by atomic mass is 32.2. The van der Waals surface area contributed by atoms with Gasteiger partial charge in [-0.3, -0.25) is 0 Å². The summed E-state index contributed by atoms with van der Waals surface area (Å²) in [4.78, 5) is 3.12. The third-order valence-corrected chi connectivity index (χ3v) is 11.4. The topological polar surface area (TPSA) is 75.4 Å². The summed E-state index contributed by atoms with van der Waals surface area (Å²) >= 11 is 0. The van der Waals surface area contributed by atoms with Crippen LogP contribution in [0, 0.1) is 24.3 Å². The van der Waals surface area contributed by atoms with Gasteiger partial charge in [-0.2, -0.15) is 0 Å². The molecule has 7 nitrogen and oxygen atoms in total. The minimum absolute atomic E-state index is 0.0323. The SMILES string of the molecule is C#[N+]C(CCCCC(C)(C)COC1CCCCO1)(CCCCC(C)(C)COC1CCCCO1)S(=O)(=O)c1ccc(C)cc1. The Labute approximate surface area is 262 Å². The lowest BCUT2D eigenvalue weighted by Crippen LogP contribution is -2.36. The molecule has 1 aromatic carbocycles. The number of ether oxygens (including phenoxy) is 4. The van der Waals surface area contributed by atoms with Crippen LogP contribution in [0.4, 0.5) is 0 Å². The molecule has 2 saturated heterocycles. The molecule has 244 valence electrons. The van der Waals surface area contributed by atoms with E-state index in [0.29, 0.717) is 26.1 Å². The minimum Gasteiger partial charge on any atom is -0.353 e. The molecule has 0 N–H and O–H groups in total. The van der Waals surface area contributed by atoms with E-state index in [1.807, 2.05) is 19.1 Å². The first kappa shape index (κ1) is 36.0. The zero-order valence-corrected chi connectivity index (χ0v) is 28.4. The summed E-state index contributed by atoms with van der Waals surface area (Å²) < 4.78 is 51.8. The highest BCUT2D eigenvalue weighted by Gasteiger charge is 2.54. The van der Waals surface area contributed by atoms with Gasteiger partial charge in [0.05, 0.1) is 18.1 Å². The Morgan fingerprint density at radius 2 is 1.21 bits per heavy atom. The van der Waals surface area contributed by atoms with Crippen LogP contribution in [0.5, 0.6) is 0 Å². The fourth-order valence-corrected chi connectivity index (χ4v) is 7.90. The number of benzene rings is 1. The Hall–Kier alpha value is -1.50. The predicted octanol–water partition coefficient (Wildman–Crippen LogP) is 8.69. The Morgan fingerprint density at radius 1 is 0.767 bits per heavy atom. The molecule has 2 aliphatic rings. The van der Waals surface area contributed by atoms with Gasteiger partial charge in [0.2, 0.25) is 0 Å². The van der Waals surface area contributed by atoms with Gasteiger partial charge in [0.15, 0.2) is 12.6 Å². The summed E-state index contributed by atoms with van der Waals surface area (Å²) in [6.07, 6.45) is 12.0. The number of rotatable bonds is 18. The monoisotopic (exact) mass is 620 g/mol. The predicted molar refractivity (Wildman–Crippen MR) is 173 cm³/mol. The van der Waals surface area contributed by atoms with Gasteiger partial charge >= 0.3 is 4.87 Å². The second kappa shape index (κ2) is 16.7. The van der Waals surface area contributed by atoms with Gasteiger partial charge < -0.3 is 18.9 Å². The molecule has 0 bridgehead atoms. The summed E-state index contributed by atoms with van der Waals surface area (Å²) in [7, 11) is -3.79. The lowest BCUT2D eigenvalue weighted by Gasteiger charge is -2.30. The Morgan fingerprint density at radius 3 is 1.60 bits per heavy atom. The van der Waals surface area contributed by atoms with E-state index in [1.165, 1.54) is 0 Å². The van der Waals surface area contributed by atoms with Crippen molar-refractivity contribution < 1.29 is 27.4 Å². The molecule has 2 unspecified atom stereocenters. The van der Waals surface area contributed by atoms with Crippen molar-refractivity contribution >= 4 is 9.84 Å². The summed E-state index contributed by atoms with van der Waals surface area (Å²) in [6.45, 7) is 19.6. The van der Waals surface area contributed by atoms with Crippen molar-refractivity contribution in [1.29, 1.82) is 0 Å². The summed E-state index contributed by atoms with van der Waals surface area (Å²) in [6, 6.07) is 7.05. The largest absolute Gasteiger partial charge is 0.381 e. The highest BCUT2D eigenvalue weighted by molar-refractivity contribution is 7.93. The lowest BCUT2D eigenvalue weighted by molar-refractivity contribution is -0.176. The van der Waals surface area contributed by atoms with Crippen LogP contribution in [0.25, 0.3) is 4.85 Å².